The van der Waals surface area contributed by atoms with Crippen LogP contribution >= 0.6 is 0 Å². The number of rotatable bonds is 3. The van der Waals surface area contributed by atoms with Crippen LogP contribution in [0.5, 0.6) is 5.75 Å². The molecule has 4 N–H and O–H groups in total. The summed E-state index contributed by atoms with van der Waals surface area (Å²) in [6.07, 6.45) is 0.271. The molecule has 3 aromatic rings. The van der Waals surface area contributed by atoms with Gasteiger partial charge in [0, 0.05) is 29.5 Å². The number of non-ortho nitro benzene ring substituents is 1. The number of carbonyl (C=O) groups excluding carboxylic acids is 1. The molecule has 0 bridgehead atoms. The first-order chi connectivity index (χ1) is 12.9. The molecule has 2 atom stereocenters. The molecule has 2 heterocycles. The fourth-order valence-corrected chi connectivity index (χ4v) is 3.87. The Morgan fingerprint density at radius 2 is 2.07 bits per heavy atom. The van der Waals surface area contributed by atoms with Gasteiger partial charge in [-0.1, -0.05) is 18.2 Å². The molecule has 2 unspecified atom stereocenters. The van der Waals surface area contributed by atoms with E-state index in [-0.39, 0.29) is 17.9 Å². The molecule has 0 fully saturated rings. The smallest absolute Gasteiger partial charge is 0.270 e. The van der Waals surface area contributed by atoms with Crippen molar-refractivity contribution in [3.8, 4) is 5.75 Å². The van der Waals surface area contributed by atoms with Gasteiger partial charge in [0.05, 0.1) is 22.1 Å². The molecule has 27 heavy (non-hydrogen) atoms. The number of hydrogen-bond acceptors (Lipinski definition) is 5. The van der Waals surface area contributed by atoms with E-state index in [9.17, 15) is 25.1 Å². The Hall–Kier alpha value is -3.39. The Morgan fingerprint density at radius 3 is 2.78 bits per heavy atom. The second-order valence-electron chi connectivity index (χ2n) is 6.82. The van der Waals surface area contributed by atoms with Crippen molar-refractivity contribution in [1.29, 1.82) is 0 Å². The molecule has 4 rings (SSSR count). The van der Waals surface area contributed by atoms with Crippen LogP contribution in [0.15, 0.2) is 36.4 Å². The van der Waals surface area contributed by atoms with Crippen molar-refractivity contribution >= 4 is 22.6 Å². The van der Waals surface area contributed by atoms with Crippen molar-refractivity contribution in [2.75, 3.05) is 0 Å². The van der Waals surface area contributed by atoms with Gasteiger partial charge in [-0.05, 0) is 24.1 Å². The highest BCUT2D eigenvalue weighted by atomic mass is 16.6. The van der Waals surface area contributed by atoms with Crippen LogP contribution in [0.25, 0.3) is 10.9 Å². The number of aromatic hydroxyl groups is 1. The molecule has 0 saturated heterocycles. The molecule has 0 saturated carbocycles. The highest BCUT2D eigenvalue weighted by Gasteiger charge is 2.37. The Kier molecular flexibility index (Phi) is 3.85. The molecule has 0 aliphatic carbocycles. The first-order valence-corrected chi connectivity index (χ1v) is 8.50. The van der Waals surface area contributed by atoms with E-state index in [2.05, 4.69) is 4.98 Å². The number of nitrogens with two attached hydrogens (primary N) is 1. The third kappa shape index (κ3) is 2.70. The van der Waals surface area contributed by atoms with Crippen molar-refractivity contribution in [3.05, 3.63) is 68.9 Å². The maximum Gasteiger partial charge on any atom is 0.270 e. The van der Waals surface area contributed by atoms with Crippen molar-refractivity contribution < 1.29 is 25.2 Å². The van der Waals surface area contributed by atoms with E-state index in [4.69, 9.17) is 0 Å². The topological polar surface area (TPSA) is 136 Å². The first kappa shape index (κ1) is 17.0. The van der Waals surface area contributed by atoms with E-state index in [1.807, 2.05) is 24.3 Å². The number of carboxylic acid groups (broad SMARTS) is 1. The highest BCUT2D eigenvalue weighted by molar-refractivity contribution is 5.86. The number of para-hydroxylation sites is 1. The van der Waals surface area contributed by atoms with Crippen LogP contribution in [-0.2, 0) is 11.2 Å². The van der Waals surface area contributed by atoms with Gasteiger partial charge in [0.1, 0.15) is 11.8 Å². The summed E-state index contributed by atoms with van der Waals surface area (Å²) in [7, 11) is 0. The van der Waals surface area contributed by atoms with E-state index in [0.717, 1.165) is 22.2 Å². The van der Waals surface area contributed by atoms with Gasteiger partial charge < -0.3 is 25.3 Å². The number of H-pyrrole nitrogens is 1. The van der Waals surface area contributed by atoms with Gasteiger partial charge >= 0.3 is 0 Å². The number of aromatic nitrogens is 1. The lowest BCUT2D eigenvalue weighted by Gasteiger charge is -2.29. The second kappa shape index (κ2) is 6.10. The van der Waals surface area contributed by atoms with Crippen LogP contribution in [0.1, 0.15) is 28.4 Å². The summed E-state index contributed by atoms with van der Waals surface area (Å²) < 4.78 is 0. The summed E-state index contributed by atoms with van der Waals surface area (Å²) in [5.74, 6) is -1.29. The van der Waals surface area contributed by atoms with E-state index < -0.39 is 23.0 Å². The van der Waals surface area contributed by atoms with Crippen LogP contribution in [0.3, 0.4) is 0 Å². The first-order valence-electron chi connectivity index (χ1n) is 8.50. The zero-order valence-corrected chi connectivity index (χ0v) is 14.4. The SMILES string of the molecule is Cc1cc([N+](=O)[O-])cc(C2[NH2+]C(C(=O)[O-])Cc3c2[nH]c2ccccc32)c1O. The summed E-state index contributed by atoms with van der Waals surface area (Å²) >= 11 is 0. The van der Waals surface area contributed by atoms with Crippen molar-refractivity contribution in [1.82, 2.24) is 4.98 Å². The zero-order chi connectivity index (χ0) is 19.3. The lowest BCUT2D eigenvalue weighted by molar-refractivity contribution is -0.717. The van der Waals surface area contributed by atoms with Crippen molar-refractivity contribution in [2.24, 2.45) is 0 Å². The number of quaternary nitrogens is 1. The molecule has 8 heteroatoms. The quantitative estimate of drug-likeness (QED) is 0.455. The largest absolute Gasteiger partial charge is 0.544 e. The van der Waals surface area contributed by atoms with Gasteiger partial charge in [-0.25, -0.2) is 0 Å². The Labute approximate surface area is 153 Å². The van der Waals surface area contributed by atoms with Crippen LogP contribution in [0.2, 0.25) is 0 Å². The number of benzene rings is 2. The van der Waals surface area contributed by atoms with Gasteiger partial charge in [-0.2, -0.15) is 0 Å². The number of nitrogens with zero attached hydrogens (tertiary/aromatic N) is 1. The zero-order valence-electron chi connectivity index (χ0n) is 14.4. The molecule has 0 spiro atoms. The predicted octanol–water partition coefficient (Wildman–Crippen LogP) is 0.418. The van der Waals surface area contributed by atoms with Gasteiger partial charge in [0.2, 0.25) is 0 Å². The molecule has 0 radical (unpaired) electrons. The van der Waals surface area contributed by atoms with Crippen LogP contribution in [-0.4, -0.2) is 27.0 Å². The summed E-state index contributed by atoms with van der Waals surface area (Å²) in [6, 6.07) is 8.64. The monoisotopic (exact) mass is 367 g/mol. The number of nitrogens with one attached hydrogen (secondary N) is 1. The number of phenols is 1. The van der Waals surface area contributed by atoms with E-state index in [0.29, 0.717) is 11.1 Å². The minimum Gasteiger partial charge on any atom is -0.544 e. The van der Waals surface area contributed by atoms with Gasteiger partial charge in [0.25, 0.3) is 5.69 Å². The van der Waals surface area contributed by atoms with Gasteiger partial charge in [-0.15, -0.1) is 0 Å². The number of hydrogen-bond donors (Lipinski definition) is 3. The Morgan fingerprint density at radius 1 is 1.33 bits per heavy atom. The van der Waals surface area contributed by atoms with E-state index in [1.54, 1.807) is 12.2 Å². The molecule has 1 aromatic heterocycles. The molecule has 2 aromatic carbocycles. The molecular weight excluding hydrogens is 350 g/mol. The van der Waals surface area contributed by atoms with Crippen molar-refractivity contribution in [2.45, 2.75) is 25.4 Å². The number of nitro groups is 1. The number of aromatic amines is 1. The molecule has 0 amide bonds. The molecular formula is C19H17N3O5. The number of fused-ring (bicyclic) bond motifs is 3. The third-order valence-corrected chi connectivity index (χ3v) is 5.17. The number of phenolic OH excluding ortho intramolecular Hbond substituents is 1. The molecule has 1 aliphatic rings. The number of carbonyl (C=O) groups is 1. The summed E-state index contributed by atoms with van der Waals surface area (Å²) in [6.45, 7) is 1.58. The highest BCUT2D eigenvalue weighted by Crippen LogP contribution is 2.37. The molecule has 138 valence electrons. The fraction of sp³-hybridized carbons (Fsp3) is 0.211. The maximum atomic E-state index is 11.6. The lowest BCUT2D eigenvalue weighted by atomic mass is 9.89. The standard InChI is InChI=1S/C19H17N3O5/c1-9-6-10(22(26)27)7-13(18(9)23)17-16-12(8-15(21-17)19(24)25)11-4-2-3-5-14(11)20-16/h2-7,15,17,20-21,23H,8H2,1H3,(H,24,25). The normalized spacial score (nSPS) is 19.0. The Bertz CT molecular complexity index is 1090. The maximum absolute atomic E-state index is 11.6. The minimum absolute atomic E-state index is 0.0783. The molecule has 8 nitrogen and oxygen atoms in total. The fourth-order valence-electron chi connectivity index (χ4n) is 3.87. The average Bonchev–Trinajstić information content (AvgIpc) is 3.01. The Balaban J connectivity index is 1.96. The number of nitro benzene ring substituents is 1. The van der Waals surface area contributed by atoms with E-state index in [1.165, 1.54) is 12.1 Å². The van der Waals surface area contributed by atoms with Crippen molar-refractivity contribution in [3.63, 3.8) is 0 Å². The number of carboxylic acids is 1. The van der Waals surface area contributed by atoms with Crippen LogP contribution < -0.4 is 10.4 Å². The lowest BCUT2D eigenvalue weighted by Crippen LogP contribution is -2.95. The average molecular weight is 367 g/mol. The van der Waals surface area contributed by atoms with Crippen LogP contribution in [0, 0.1) is 17.0 Å². The summed E-state index contributed by atoms with van der Waals surface area (Å²) in [5, 5.41) is 35.9. The minimum atomic E-state index is -1.21. The van der Waals surface area contributed by atoms with Gasteiger partial charge in [-0.3, -0.25) is 10.1 Å². The number of aryl methyl sites for hydroxylation is 1. The van der Waals surface area contributed by atoms with Gasteiger partial charge in [0.15, 0.2) is 6.04 Å². The molecule has 1 aliphatic heterocycles. The van der Waals surface area contributed by atoms with E-state index >= 15 is 0 Å². The number of aliphatic carboxylic acids is 1. The van der Waals surface area contributed by atoms with Crippen LogP contribution in [0.4, 0.5) is 5.69 Å². The predicted molar refractivity (Wildman–Crippen MR) is 94.1 cm³/mol. The summed E-state index contributed by atoms with van der Waals surface area (Å²) in [4.78, 5) is 25.6. The third-order valence-electron chi connectivity index (χ3n) is 5.17. The summed E-state index contributed by atoms with van der Waals surface area (Å²) in [5.41, 5.74) is 2.93. The second-order valence-corrected chi connectivity index (χ2v) is 6.82.